The van der Waals surface area contributed by atoms with Crippen molar-refractivity contribution in [1.29, 1.82) is 0 Å². The molecule has 4 heteroatoms. The lowest BCUT2D eigenvalue weighted by Gasteiger charge is -2.33. The number of anilines is 1. The molecule has 1 aromatic rings. The fourth-order valence-corrected chi connectivity index (χ4v) is 2.33. The Kier molecular flexibility index (Phi) is 4.19. The number of pyridine rings is 1. The number of aromatic nitrogens is 1. The van der Waals surface area contributed by atoms with Gasteiger partial charge in [-0.25, -0.2) is 4.98 Å². The Morgan fingerprint density at radius 2 is 2.00 bits per heavy atom. The fraction of sp³-hybridized carbons (Fsp3) is 0.643. The number of likely N-dealkylation sites (N-methyl/N-ethyl adjacent to an activating group) is 1. The van der Waals surface area contributed by atoms with Crippen LogP contribution in [0.5, 0.6) is 0 Å². The van der Waals surface area contributed by atoms with Gasteiger partial charge in [0.25, 0.3) is 0 Å². The molecule has 0 amide bonds. The molecule has 18 heavy (non-hydrogen) atoms. The molecular formula is C14H23N3O. The maximum Gasteiger partial charge on any atom is 0.128 e. The van der Waals surface area contributed by atoms with Crippen LogP contribution in [0.25, 0.3) is 0 Å². The highest BCUT2D eigenvalue weighted by Gasteiger charge is 2.17. The van der Waals surface area contributed by atoms with E-state index >= 15 is 0 Å². The molecule has 0 aromatic carbocycles. The van der Waals surface area contributed by atoms with E-state index in [1.165, 1.54) is 0 Å². The molecule has 4 nitrogen and oxygen atoms in total. The molecule has 1 aliphatic heterocycles. The van der Waals surface area contributed by atoms with Gasteiger partial charge >= 0.3 is 0 Å². The van der Waals surface area contributed by atoms with E-state index in [0.717, 1.165) is 49.5 Å². The summed E-state index contributed by atoms with van der Waals surface area (Å²) < 4.78 is 0. The number of piperazine rings is 1. The van der Waals surface area contributed by atoms with E-state index in [1.807, 2.05) is 13.1 Å². The quantitative estimate of drug-likeness (QED) is 0.883. The van der Waals surface area contributed by atoms with E-state index in [4.69, 9.17) is 0 Å². The van der Waals surface area contributed by atoms with Gasteiger partial charge in [0.2, 0.25) is 0 Å². The van der Waals surface area contributed by atoms with Crippen molar-refractivity contribution in [1.82, 2.24) is 9.88 Å². The number of aliphatic hydroxyl groups is 1. The van der Waals surface area contributed by atoms with E-state index in [0.29, 0.717) is 0 Å². The molecule has 1 aliphatic rings. The zero-order valence-electron chi connectivity index (χ0n) is 11.6. The van der Waals surface area contributed by atoms with Gasteiger partial charge in [-0.3, -0.25) is 0 Å². The third kappa shape index (κ3) is 2.82. The smallest absolute Gasteiger partial charge is 0.128 e. The van der Waals surface area contributed by atoms with Gasteiger partial charge in [0, 0.05) is 37.9 Å². The van der Waals surface area contributed by atoms with Crippen LogP contribution in [0.1, 0.15) is 30.6 Å². The van der Waals surface area contributed by atoms with Crippen molar-refractivity contribution in [2.45, 2.75) is 26.4 Å². The number of hydrogen-bond donors (Lipinski definition) is 1. The predicted octanol–water partition coefficient (Wildman–Crippen LogP) is 1.59. The average molecular weight is 249 g/mol. The van der Waals surface area contributed by atoms with E-state index in [2.05, 4.69) is 34.8 Å². The van der Waals surface area contributed by atoms with Crippen LogP contribution >= 0.6 is 0 Å². The molecule has 2 heterocycles. The largest absolute Gasteiger partial charge is 0.388 e. The lowest BCUT2D eigenvalue weighted by molar-refractivity contribution is 0.172. The van der Waals surface area contributed by atoms with Crippen molar-refractivity contribution >= 4 is 5.82 Å². The molecule has 100 valence electrons. The highest BCUT2D eigenvalue weighted by Crippen LogP contribution is 2.23. The molecule has 0 aliphatic carbocycles. The second-order valence-electron chi connectivity index (χ2n) is 5.11. The van der Waals surface area contributed by atoms with Gasteiger partial charge in [-0.05, 0) is 32.0 Å². The van der Waals surface area contributed by atoms with Gasteiger partial charge in [0.05, 0.1) is 6.10 Å². The minimum Gasteiger partial charge on any atom is -0.388 e. The van der Waals surface area contributed by atoms with E-state index in [9.17, 15) is 5.11 Å². The first-order valence-electron chi connectivity index (χ1n) is 6.70. The summed E-state index contributed by atoms with van der Waals surface area (Å²) in [7, 11) is 2.15. The SMILES string of the molecule is CCC(O)c1cnc(N2CCN(C)CC2)cc1C. The summed E-state index contributed by atoms with van der Waals surface area (Å²) >= 11 is 0. The summed E-state index contributed by atoms with van der Waals surface area (Å²) in [6.45, 7) is 8.26. The van der Waals surface area contributed by atoms with E-state index < -0.39 is 0 Å². The summed E-state index contributed by atoms with van der Waals surface area (Å²) in [4.78, 5) is 9.15. The number of nitrogens with zero attached hydrogens (tertiary/aromatic N) is 3. The Morgan fingerprint density at radius 3 is 2.56 bits per heavy atom. The lowest BCUT2D eigenvalue weighted by atomic mass is 10.0. The van der Waals surface area contributed by atoms with Gasteiger partial charge in [0.1, 0.15) is 5.82 Å². The second kappa shape index (κ2) is 5.67. The highest BCUT2D eigenvalue weighted by molar-refractivity contribution is 5.44. The first-order chi connectivity index (χ1) is 8.61. The van der Waals surface area contributed by atoms with Gasteiger partial charge in [-0.1, -0.05) is 6.92 Å². The number of rotatable bonds is 3. The summed E-state index contributed by atoms with van der Waals surface area (Å²) in [5.41, 5.74) is 2.09. The predicted molar refractivity (Wildman–Crippen MR) is 73.9 cm³/mol. The van der Waals surface area contributed by atoms with Crippen LogP contribution in [-0.4, -0.2) is 48.2 Å². The molecule has 1 saturated heterocycles. The molecular weight excluding hydrogens is 226 g/mol. The summed E-state index contributed by atoms with van der Waals surface area (Å²) in [5, 5.41) is 9.89. The molecule has 0 saturated carbocycles. The normalized spacial score (nSPS) is 19.0. The van der Waals surface area contributed by atoms with E-state index in [-0.39, 0.29) is 6.10 Å². The molecule has 1 fully saturated rings. The number of aryl methyl sites for hydroxylation is 1. The first-order valence-corrected chi connectivity index (χ1v) is 6.70. The standard InChI is InChI=1S/C14H23N3O/c1-4-13(18)12-10-15-14(9-11(12)2)17-7-5-16(3)6-8-17/h9-10,13,18H,4-8H2,1-3H3. The Labute approximate surface area is 109 Å². The molecule has 0 bridgehead atoms. The Bertz CT molecular complexity index is 400. The van der Waals surface area contributed by atoms with Gasteiger partial charge in [-0.2, -0.15) is 0 Å². The minimum atomic E-state index is -0.390. The molecule has 2 rings (SSSR count). The summed E-state index contributed by atoms with van der Waals surface area (Å²) in [6.07, 6.45) is 2.17. The van der Waals surface area contributed by atoms with Crippen molar-refractivity contribution in [3.05, 3.63) is 23.4 Å². The zero-order valence-corrected chi connectivity index (χ0v) is 11.6. The lowest BCUT2D eigenvalue weighted by Crippen LogP contribution is -2.44. The Balaban J connectivity index is 2.13. The first kappa shape index (κ1) is 13.3. The van der Waals surface area contributed by atoms with Crippen LogP contribution in [0.3, 0.4) is 0 Å². The van der Waals surface area contributed by atoms with Crippen molar-refractivity contribution < 1.29 is 5.11 Å². The number of hydrogen-bond acceptors (Lipinski definition) is 4. The van der Waals surface area contributed by atoms with Crippen molar-refractivity contribution in [2.75, 3.05) is 38.1 Å². The summed E-state index contributed by atoms with van der Waals surface area (Å²) in [6, 6.07) is 2.10. The monoisotopic (exact) mass is 249 g/mol. The highest BCUT2D eigenvalue weighted by atomic mass is 16.3. The van der Waals surface area contributed by atoms with Crippen LogP contribution in [0.15, 0.2) is 12.3 Å². The molecule has 0 radical (unpaired) electrons. The molecule has 1 atom stereocenters. The second-order valence-corrected chi connectivity index (χ2v) is 5.11. The molecule has 1 unspecified atom stereocenters. The number of aliphatic hydroxyl groups excluding tert-OH is 1. The topological polar surface area (TPSA) is 39.6 Å². The van der Waals surface area contributed by atoms with Crippen LogP contribution in [0.2, 0.25) is 0 Å². The van der Waals surface area contributed by atoms with Crippen LogP contribution in [0, 0.1) is 6.92 Å². The van der Waals surface area contributed by atoms with Crippen LogP contribution in [-0.2, 0) is 0 Å². The average Bonchev–Trinajstić information content (AvgIpc) is 2.38. The minimum absolute atomic E-state index is 0.390. The maximum atomic E-state index is 9.89. The fourth-order valence-electron chi connectivity index (χ4n) is 2.33. The summed E-state index contributed by atoms with van der Waals surface area (Å²) in [5.74, 6) is 1.03. The van der Waals surface area contributed by atoms with Crippen LogP contribution < -0.4 is 4.90 Å². The van der Waals surface area contributed by atoms with Crippen molar-refractivity contribution in [3.63, 3.8) is 0 Å². The molecule has 1 N–H and O–H groups in total. The Hall–Kier alpha value is -1.13. The third-order valence-corrected chi connectivity index (χ3v) is 3.71. The van der Waals surface area contributed by atoms with Gasteiger partial charge in [0.15, 0.2) is 0 Å². The zero-order chi connectivity index (χ0) is 13.1. The molecule has 1 aromatic heterocycles. The van der Waals surface area contributed by atoms with Crippen molar-refractivity contribution in [3.8, 4) is 0 Å². The van der Waals surface area contributed by atoms with Gasteiger partial charge < -0.3 is 14.9 Å². The maximum absolute atomic E-state index is 9.89. The van der Waals surface area contributed by atoms with Crippen LogP contribution in [0.4, 0.5) is 5.82 Å². The van der Waals surface area contributed by atoms with Gasteiger partial charge in [-0.15, -0.1) is 0 Å². The Morgan fingerprint density at radius 1 is 1.33 bits per heavy atom. The molecule has 0 spiro atoms. The van der Waals surface area contributed by atoms with E-state index in [1.54, 1.807) is 0 Å². The van der Waals surface area contributed by atoms with Crippen molar-refractivity contribution in [2.24, 2.45) is 0 Å². The third-order valence-electron chi connectivity index (χ3n) is 3.71.